The molecule has 19 heavy (non-hydrogen) atoms. The number of para-hydroxylation sites is 1. The second-order valence-electron chi connectivity index (χ2n) is 4.53. The maximum atomic E-state index is 8.94. The van der Waals surface area contributed by atoms with Gasteiger partial charge in [0.1, 0.15) is 5.75 Å². The van der Waals surface area contributed by atoms with E-state index in [2.05, 4.69) is 12.3 Å². The molecule has 0 unspecified atom stereocenters. The van der Waals surface area contributed by atoms with E-state index in [4.69, 9.17) is 10.00 Å². The van der Waals surface area contributed by atoms with Crippen LogP contribution in [-0.2, 0) is 0 Å². The monoisotopic (exact) mass is 249 g/mol. The first-order chi connectivity index (χ1) is 9.28. The van der Waals surface area contributed by atoms with Gasteiger partial charge in [0, 0.05) is 12.1 Å². The van der Waals surface area contributed by atoms with Crippen LogP contribution in [-0.4, -0.2) is 17.5 Å². The van der Waals surface area contributed by atoms with Crippen LogP contribution in [0.1, 0.15) is 16.7 Å². The third-order valence-electron chi connectivity index (χ3n) is 3.19. The molecule has 0 spiro atoms. The highest BCUT2D eigenvalue weighted by molar-refractivity contribution is 5.82. The van der Waals surface area contributed by atoms with Crippen LogP contribution in [0.5, 0.6) is 5.75 Å². The molecule has 0 aliphatic carbocycles. The minimum atomic E-state index is 0.465. The number of benzene rings is 2. The van der Waals surface area contributed by atoms with Gasteiger partial charge >= 0.3 is 0 Å². The van der Waals surface area contributed by atoms with Gasteiger partial charge in [-0.05, 0) is 24.6 Å². The average Bonchev–Trinajstić information content (AvgIpc) is 2.47. The lowest BCUT2D eigenvalue weighted by Gasteiger charge is -2.15. The van der Waals surface area contributed by atoms with E-state index < -0.39 is 0 Å². The molecular weight excluding hydrogens is 236 g/mol. The molecule has 0 saturated carbocycles. The van der Waals surface area contributed by atoms with Crippen LogP contribution in [0.15, 0.2) is 42.5 Å². The molecule has 3 heteroatoms. The molecular formula is C16H13N2O+. The molecule has 3 nitrogen and oxygen atoms in total. The summed E-state index contributed by atoms with van der Waals surface area (Å²) < 4.78 is 7.81. The third-order valence-corrected chi connectivity index (χ3v) is 3.19. The summed E-state index contributed by atoms with van der Waals surface area (Å²) in [7, 11) is 0. The summed E-state index contributed by atoms with van der Waals surface area (Å²) in [4.78, 5) is 0. The van der Waals surface area contributed by atoms with E-state index >= 15 is 0 Å². The molecule has 0 saturated heterocycles. The van der Waals surface area contributed by atoms with Crippen LogP contribution in [0.25, 0.3) is 0 Å². The molecule has 0 N–H and O–H groups in total. The summed E-state index contributed by atoms with van der Waals surface area (Å²) in [6, 6.07) is 15.8. The summed E-state index contributed by atoms with van der Waals surface area (Å²) in [5, 5.41) is 8.94. The van der Waals surface area contributed by atoms with Gasteiger partial charge in [-0.1, -0.05) is 18.2 Å². The van der Waals surface area contributed by atoms with E-state index in [9.17, 15) is 0 Å². The minimum absolute atomic E-state index is 0.465. The van der Waals surface area contributed by atoms with Crippen molar-refractivity contribution in [1.29, 1.82) is 5.26 Å². The van der Waals surface area contributed by atoms with Crippen molar-refractivity contribution in [2.75, 3.05) is 6.73 Å². The Balaban J connectivity index is 2.06. The summed E-state index contributed by atoms with van der Waals surface area (Å²) >= 11 is 0. The zero-order chi connectivity index (χ0) is 13.2. The summed E-state index contributed by atoms with van der Waals surface area (Å²) in [5.74, 6) is 0.940. The fraction of sp³-hybridized carbons (Fsp3) is 0.125. The van der Waals surface area contributed by atoms with E-state index in [1.807, 2.05) is 47.9 Å². The smallest absolute Gasteiger partial charge is 0.292 e. The first-order valence-corrected chi connectivity index (χ1v) is 6.12. The van der Waals surface area contributed by atoms with Crippen molar-refractivity contribution in [3.05, 3.63) is 59.2 Å². The first kappa shape index (κ1) is 11.5. The van der Waals surface area contributed by atoms with Crippen LogP contribution in [0, 0.1) is 18.3 Å². The molecule has 0 amide bonds. The number of hydrogen-bond donors (Lipinski definition) is 0. The Kier molecular flexibility index (Phi) is 2.77. The van der Waals surface area contributed by atoms with Gasteiger partial charge < -0.3 is 4.74 Å². The Morgan fingerprint density at radius 1 is 1.21 bits per heavy atom. The van der Waals surface area contributed by atoms with E-state index in [0.717, 1.165) is 22.6 Å². The van der Waals surface area contributed by atoms with Gasteiger partial charge in [0.25, 0.3) is 6.73 Å². The lowest BCUT2D eigenvalue weighted by Crippen LogP contribution is -2.21. The van der Waals surface area contributed by atoms with Crippen LogP contribution >= 0.6 is 0 Å². The molecule has 2 aromatic rings. The van der Waals surface area contributed by atoms with Gasteiger partial charge in [-0.25, -0.2) is 0 Å². The molecule has 0 radical (unpaired) electrons. The van der Waals surface area contributed by atoms with Crippen LogP contribution in [0.3, 0.4) is 0 Å². The van der Waals surface area contributed by atoms with Crippen LogP contribution in [0.4, 0.5) is 5.69 Å². The maximum absolute atomic E-state index is 8.94. The summed E-state index contributed by atoms with van der Waals surface area (Å²) in [6.07, 6.45) is 2.06. The quantitative estimate of drug-likeness (QED) is 0.728. The normalized spacial score (nSPS) is 12.9. The first-order valence-electron chi connectivity index (χ1n) is 6.12. The van der Waals surface area contributed by atoms with Gasteiger partial charge in [0.05, 0.1) is 17.2 Å². The molecule has 3 rings (SSSR count). The van der Waals surface area contributed by atoms with Crippen molar-refractivity contribution in [3.63, 3.8) is 0 Å². The number of aryl methyl sites for hydroxylation is 1. The molecule has 1 aliphatic rings. The average molecular weight is 249 g/mol. The van der Waals surface area contributed by atoms with Crippen molar-refractivity contribution >= 4 is 11.9 Å². The highest BCUT2D eigenvalue weighted by atomic mass is 16.5. The Labute approximate surface area is 112 Å². The zero-order valence-electron chi connectivity index (χ0n) is 10.6. The largest absolute Gasteiger partial charge is 0.435 e. The molecule has 0 bridgehead atoms. The molecule has 0 atom stereocenters. The Hall–Kier alpha value is -2.60. The Bertz CT molecular complexity index is 711. The number of fused-ring (bicyclic) bond motifs is 1. The van der Waals surface area contributed by atoms with Gasteiger partial charge in [0.2, 0.25) is 5.69 Å². The molecule has 1 aliphatic heterocycles. The zero-order valence-corrected chi connectivity index (χ0v) is 10.6. The van der Waals surface area contributed by atoms with E-state index in [0.29, 0.717) is 12.3 Å². The lowest BCUT2D eigenvalue weighted by atomic mass is 10.1. The molecule has 92 valence electrons. The Morgan fingerprint density at radius 2 is 2.05 bits per heavy atom. The van der Waals surface area contributed by atoms with Gasteiger partial charge in [0.15, 0.2) is 6.21 Å². The minimum Gasteiger partial charge on any atom is -0.435 e. The third kappa shape index (κ3) is 2.09. The van der Waals surface area contributed by atoms with E-state index in [1.54, 1.807) is 6.07 Å². The Morgan fingerprint density at radius 3 is 2.89 bits per heavy atom. The van der Waals surface area contributed by atoms with Crippen LogP contribution in [0.2, 0.25) is 0 Å². The summed E-state index contributed by atoms with van der Waals surface area (Å²) in [6.45, 7) is 2.51. The SMILES string of the molecule is Cc1cccc2c1OC[N+](c1cccc(C#N)c1)=C2. The maximum Gasteiger partial charge on any atom is 0.292 e. The standard InChI is InChI=1S/C16H13N2O/c1-12-4-2-6-14-10-18(11-19-16(12)14)15-7-3-5-13(8-15)9-17/h2-8,10H,11H2,1H3/q+1. The molecule has 0 fully saturated rings. The predicted octanol–water partition coefficient (Wildman–Crippen LogP) is 2.98. The number of ether oxygens (including phenoxy) is 1. The van der Waals surface area contributed by atoms with Gasteiger partial charge in [-0.15, -0.1) is 0 Å². The van der Waals surface area contributed by atoms with Crippen molar-refractivity contribution in [1.82, 2.24) is 0 Å². The fourth-order valence-corrected chi connectivity index (χ4v) is 2.22. The van der Waals surface area contributed by atoms with Crippen molar-refractivity contribution in [2.24, 2.45) is 0 Å². The van der Waals surface area contributed by atoms with E-state index in [-0.39, 0.29) is 0 Å². The predicted molar refractivity (Wildman–Crippen MR) is 72.9 cm³/mol. The second-order valence-corrected chi connectivity index (χ2v) is 4.53. The second kappa shape index (κ2) is 4.58. The van der Waals surface area contributed by atoms with Crippen molar-refractivity contribution < 1.29 is 9.31 Å². The summed E-state index contributed by atoms with van der Waals surface area (Å²) in [5.41, 5.74) is 3.82. The van der Waals surface area contributed by atoms with Gasteiger partial charge in [-0.3, -0.25) is 0 Å². The number of nitriles is 1. The van der Waals surface area contributed by atoms with Crippen molar-refractivity contribution in [3.8, 4) is 11.8 Å². The fourth-order valence-electron chi connectivity index (χ4n) is 2.22. The van der Waals surface area contributed by atoms with Crippen molar-refractivity contribution in [2.45, 2.75) is 6.92 Å². The molecule has 1 heterocycles. The number of nitrogens with zero attached hydrogens (tertiary/aromatic N) is 2. The number of hydrogen-bond acceptors (Lipinski definition) is 2. The highest BCUT2D eigenvalue weighted by Gasteiger charge is 2.20. The topological polar surface area (TPSA) is 36.0 Å². The lowest BCUT2D eigenvalue weighted by molar-refractivity contribution is -0.476. The number of rotatable bonds is 1. The highest BCUT2D eigenvalue weighted by Crippen LogP contribution is 2.26. The van der Waals surface area contributed by atoms with Gasteiger partial charge in [-0.2, -0.15) is 9.84 Å². The molecule has 0 aromatic heterocycles. The van der Waals surface area contributed by atoms with E-state index in [1.165, 1.54) is 0 Å². The van der Waals surface area contributed by atoms with Crippen LogP contribution < -0.4 is 4.74 Å². The molecule has 2 aromatic carbocycles.